The fourth-order valence-corrected chi connectivity index (χ4v) is 6.69. The quantitative estimate of drug-likeness (QED) is 0.360. The van der Waals surface area contributed by atoms with E-state index in [1.165, 1.54) is 0 Å². The molecule has 1 spiro atoms. The number of fused-ring (bicyclic) bond motifs is 2. The van der Waals surface area contributed by atoms with Gasteiger partial charge in [-0.25, -0.2) is 0 Å². The standard InChI is InChI=1S/C20H34O6.Na.3H2O/c1-13-4-5-14-17(2,10-21)15(23)6-7-18(14,3)20(13)9-19(11-22,12-26-20)8-16(24)25;;;;/h13-15,21-23H,4-12H2,1-3H3,(H,24,25);;3*1H2/q;+1;;;/p-1/t13-,14?,15+,17+,18+,19+,20-;;;;/m1..../s1. The van der Waals surface area contributed by atoms with Gasteiger partial charge in [-0.3, -0.25) is 0 Å². The number of hydrogen-bond acceptors (Lipinski definition) is 6. The molecule has 9 nitrogen and oxygen atoms in total. The van der Waals surface area contributed by atoms with Crippen LogP contribution in [-0.2, 0) is 9.53 Å². The summed E-state index contributed by atoms with van der Waals surface area (Å²) >= 11 is 0. The average molecular weight is 447 g/mol. The second-order valence-electron chi connectivity index (χ2n) is 9.73. The van der Waals surface area contributed by atoms with Crippen molar-refractivity contribution in [1.29, 1.82) is 0 Å². The van der Waals surface area contributed by atoms with Crippen LogP contribution in [0.3, 0.4) is 0 Å². The number of carboxylic acid groups (broad SMARTS) is 1. The minimum absolute atomic E-state index is 0. The van der Waals surface area contributed by atoms with Gasteiger partial charge in [0.15, 0.2) is 0 Å². The summed E-state index contributed by atoms with van der Waals surface area (Å²) < 4.78 is 6.43. The second-order valence-corrected chi connectivity index (χ2v) is 9.73. The first-order chi connectivity index (χ1) is 12.1. The van der Waals surface area contributed by atoms with Crippen molar-refractivity contribution in [2.24, 2.45) is 28.1 Å². The largest absolute Gasteiger partial charge is 1.00 e. The summed E-state index contributed by atoms with van der Waals surface area (Å²) in [5.41, 5.74) is -2.25. The maximum Gasteiger partial charge on any atom is 1.00 e. The number of aliphatic carboxylic acids is 1. The monoisotopic (exact) mass is 446 g/mol. The Bertz CT molecular complexity index is 578. The van der Waals surface area contributed by atoms with Crippen molar-refractivity contribution in [2.75, 3.05) is 19.8 Å². The fraction of sp³-hybridized carbons (Fsp3) is 0.950. The smallest absolute Gasteiger partial charge is 0.550 e. The van der Waals surface area contributed by atoms with Gasteiger partial charge < -0.3 is 46.4 Å². The predicted molar refractivity (Wildman–Crippen MR) is 104 cm³/mol. The van der Waals surface area contributed by atoms with E-state index in [2.05, 4.69) is 13.8 Å². The van der Waals surface area contributed by atoms with Crippen molar-refractivity contribution < 1.29 is 75.9 Å². The van der Waals surface area contributed by atoms with E-state index in [4.69, 9.17) is 4.74 Å². The first-order valence-corrected chi connectivity index (χ1v) is 9.83. The molecule has 1 unspecified atom stereocenters. The minimum atomic E-state index is -1.16. The molecule has 7 atom stereocenters. The molecular formula is C20H39NaO9. The summed E-state index contributed by atoms with van der Waals surface area (Å²) in [5.74, 6) is -0.862. The fourth-order valence-electron chi connectivity index (χ4n) is 6.69. The van der Waals surface area contributed by atoms with Crippen LogP contribution in [0.5, 0.6) is 0 Å². The van der Waals surface area contributed by atoms with Gasteiger partial charge in [-0.2, -0.15) is 0 Å². The second kappa shape index (κ2) is 10.9. The van der Waals surface area contributed by atoms with Crippen molar-refractivity contribution in [3.05, 3.63) is 0 Å². The molecule has 3 fully saturated rings. The van der Waals surface area contributed by atoms with Gasteiger partial charge in [-0.05, 0) is 50.4 Å². The van der Waals surface area contributed by atoms with Crippen LogP contribution in [0, 0.1) is 28.1 Å². The van der Waals surface area contributed by atoms with E-state index in [-0.39, 0.29) is 89.5 Å². The summed E-state index contributed by atoms with van der Waals surface area (Å²) in [4.78, 5) is 11.3. The average Bonchev–Trinajstić information content (AvgIpc) is 2.98. The van der Waals surface area contributed by atoms with Crippen molar-refractivity contribution in [1.82, 2.24) is 0 Å². The molecule has 2 aliphatic carbocycles. The number of carboxylic acids is 1. The van der Waals surface area contributed by atoms with Crippen LogP contribution in [0.25, 0.3) is 0 Å². The number of aliphatic hydroxyl groups excluding tert-OH is 3. The number of aliphatic hydroxyl groups is 3. The van der Waals surface area contributed by atoms with Crippen LogP contribution in [0.1, 0.15) is 59.3 Å². The van der Waals surface area contributed by atoms with Crippen molar-refractivity contribution >= 4 is 5.97 Å². The molecule has 1 heterocycles. The molecule has 3 rings (SSSR count). The van der Waals surface area contributed by atoms with Gasteiger partial charge >= 0.3 is 29.6 Å². The molecule has 0 bridgehead atoms. The van der Waals surface area contributed by atoms with Gasteiger partial charge in [0.1, 0.15) is 0 Å². The van der Waals surface area contributed by atoms with E-state index < -0.39 is 28.5 Å². The van der Waals surface area contributed by atoms with E-state index in [1.807, 2.05) is 6.92 Å². The summed E-state index contributed by atoms with van der Waals surface area (Å²) in [5, 5.41) is 42.0. The number of carbonyl (C=O) groups is 1. The van der Waals surface area contributed by atoms with Crippen LogP contribution < -0.4 is 34.7 Å². The molecule has 0 aromatic carbocycles. The minimum Gasteiger partial charge on any atom is -0.550 e. The topological polar surface area (TPSA) is 205 Å². The van der Waals surface area contributed by atoms with E-state index >= 15 is 0 Å². The van der Waals surface area contributed by atoms with Gasteiger partial charge in [0, 0.05) is 22.2 Å². The molecule has 3 aliphatic rings. The van der Waals surface area contributed by atoms with Crippen LogP contribution in [0.15, 0.2) is 0 Å². The van der Waals surface area contributed by atoms with Crippen molar-refractivity contribution in [2.45, 2.75) is 71.0 Å². The third-order valence-electron chi connectivity index (χ3n) is 8.38. The summed E-state index contributed by atoms with van der Waals surface area (Å²) in [6.07, 6.45) is 2.89. The maximum atomic E-state index is 11.3. The van der Waals surface area contributed by atoms with E-state index in [0.29, 0.717) is 12.8 Å². The number of rotatable bonds is 4. The molecule has 0 aromatic heterocycles. The zero-order chi connectivity index (χ0) is 19.4. The van der Waals surface area contributed by atoms with E-state index in [0.717, 1.165) is 19.3 Å². The Morgan fingerprint density at radius 1 is 1.10 bits per heavy atom. The SMILES string of the molecule is C[C@@H]1CCC2[C@](C)(CO)[C@@H](O)CC[C@]2(C)[C@@]12C[C@](CO)(CC(=O)[O-])CO2.O.O.O.[Na+]. The molecule has 1 aliphatic heterocycles. The molecule has 0 aromatic rings. The van der Waals surface area contributed by atoms with Crippen LogP contribution >= 0.6 is 0 Å². The molecule has 174 valence electrons. The Morgan fingerprint density at radius 2 is 1.70 bits per heavy atom. The zero-order valence-corrected chi connectivity index (χ0v) is 20.7. The van der Waals surface area contributed by atoms with Crippen LogP contribution in [0.4, 0.5) is 0 Å². The first-order valence-electron chi connectivity index (χ1n) is 9.83. The molecule has 0 amide bonds. The Hall–Kier alpha value is 0.190. The number of ether oxygens (including phenoxy) is 1. The number of hydrogen-bond donors (Lipinski definition) is 3. The molecule has 0 radical (unpaired) electrons. The van der Waals surface area contributed by atoms with Crippen molar-refractivity contribution in [3.63, 3.8) is 0 Å². The van der Waals surface area contributed by atoms with Crippen LogP contribution in [-0.4, -0.2) is 69.2 Å². The van der Waals surface area contributed by atoms with Gasteiger partial charge in [0.05, 0.1) is 31.5 Å². The Kier molecular flexibility index (Phi) is 11.7. The molecule has 1 saturated heterocycles. The van der Waals surface area contributed by atoms with E-state index in [1.54, 1.807) is 0 Å². The van der Waals surface area contributed by atoms with Gasteiger partial charge in [-0.1, -0.05) is 20.8 Å². The van der Waals surface area contributed by atoms with Crippen molar-refractivity contribution in [3.8, 4) is 0 Å². The summed E-state index contributed by atoms with van der Waals surface area (Å²) in [6.45, 7) is 6.18. The molecule has 30 heavy (non-hydrogen) atoms. The van der Waals surface area contributed by atoms with Gasteiger partial charge in [-0.15, -0.1) is 0 Å². The van der Waals surface area contributed by atoms with Gasteiger partial charge in [0.25, 0.3) is 0 Å². The Balaban J connectivity index is 0. The Labute approximate surface area is 200 Å². The van der Waals surface area contributed by atoms with Crippen LogP contribution in [0.2, 0.25) is 0 Å². The summed E-state index contributed by atoms with van der Waals surface area (Å²) in [6, 6.07) is 0. The molecule has 10 heteroatoms. The predicted octanol–water partition coefficient (Wildman–Crippen LogP) is -5.00. The molecule has 9 N–H and O–H groups in total. The zero-order valence-electron chi connectivity index (χ0n) is 18.7. The maximum absolute atomic E-state index is 11.3. The first kappa shape index (κ1) is 32.4. The van der Waals surface area contributed by atoms with Gasteiger partial charge in [0.2, 0.25) is 0 Å². The Morgan fingerprint density at radius 3 is 2.20 bits per heavy atom. The molecule has 2 saturated carbocycles. The van der Waals surface area contributed by atoms with E-state index in [9.17, 15) is 25.2 Å². The molecular weight excluding hydrogens is 407 g/mol. The number of carbonyl (C=O) groups excluding carboxylic acids is 1. The summed E-state index contributed by atoms with van der Waals surface area (Å²) in [7, 11) is 0. The third-order valence-corrected chi connectivity index (χ3v) is 8.38. The normalized spacial score (nSPS) is 44.5. The third kappa shape index (κ3) is 4.48.